The number of terminal acetylenes is 1. The summed E-state index contributed by atoms with van der Waals surface area (Å²) in [6.07, 6.45) is 13.1. The Hall–Kier alpha value is -3.88. The molecule has 0 atom stereocenters. The van der Waals surface area contributed by atoms with Gasteiger partial charge in [0.2, 0.25) is 0 Å². The lowest BCUT2D eigenvalue weighted by Gasteiger charge is -2.25. The topological polar surface area (TPSA) is 135 Å². The van der Waals surface area contributed by atoms with E-state index in [9.17, 15) is 27.1 Å². The van der Waals surface area contributed by atoms with Crippen molar-refractivity contribution in [3.63, 3.8) is 0 Å². The van der Waals surface area contributed by atoms with Gasteiger partial charge in [0, 0.05) is 24.3 Å². The fourth-order valence-corrected chi connectivity index (χ4v) is 4.95. The average molecular weight is 543 g/mol. The number of aliphatic hydroxyl groups is 1. The predicted octanol–water partition coefficient (Wildman–Crippen LogP) is 3.61. The first-order valence-electron chi connectivity index (χ1n) is 11.7. The normalized spacial score (nSPS) is 17.2. The molecule has 1 fully saturated rings. The Morgan fingerprint density at radius 2 is 1.82 bits per heavy atom. The number of nitrogen functional groups attached to an aromatic ring is 1. The zero-order valence-corrected chi connectivity index (χ0v) is 21.5. The van der Waals surface area contributed by atoms with Crippen LogP contribution in [0.3, 0.4) is 0 Å². The molecule has 8 nitrogen and oxygen atoms in total. The summed E-state index contributed by atoms with van der Waals surface area (Å²) in [4.78, 5) is 21.2. The van der Waals surface area contributed by atoms with Crippen molar-refractivity contribution in [1.82, 2.24) is 15.3 Å². The molecule has 38 heavy (non-hydrogen) atoms. The van der Waals surface area contributed by atoms with E-state index >= 15 is 0 Å². The molecule has 1 saturated carbocycles. The smallest absolute Gasteiger partial charge is 0.254 e. The molecule has 2 aromatic carbocycles. The Morgan fingerprint density at radius 3 is 2.45 bits per heavy atom. The number of hydrogen-bond donors (Lipinski definition) is 3. The minimum atomic E-state index is -3.64. The second-order valence-electron chi connectivity index (χ2n) is 8.98. The molecular weight excluding hydrogens is 514 g/mol. The molecule has 11 heteroatoms. The van der Waals surface area contributed by atoms with E-state index in [1.807, 2.05) is 0 Å². The lowest BCUT2D eigenvalue weighted by Crippen LogP contribution is -2.24. The summed E-state index contributed by atoms with van der Waals surface area (Å²) in [5, 5.41) is 12.2. The largest absolute Gasteiger partial charge is 0.393 e. The monoisotopic (exact) mass is 542 g/mol. The molecule has 0 bridgehead atoms. The molecule has 0 radical (unpaired) electrons. The molecule has 3 aromatic rings. The highest BCUT2D eigenvalue weighted by atomic mass is 32.2. The maximum atomic E-state index is 14.9. The SMILES string of the molecule is C#C.CS(=O)(=O)c1cc(F)cc(CNC(=O)c2ccc(-c3nc(C4CCC(O)CC4)cnc3N)cc2F)c1. The number of nitrogens with one attached hydrogen (secondary N) is 1. The number of nitrogens with two attached hydrogens (primary N) is 1. The maximum absolute atomic E-state index is 14.9. The van der Waals surface area contributed by atoms with Crippen LogP contribution in [0.1, 0.15) is 53.2 Å². The molecule has 1 aromatic heterocycles. The zero-order valence-electron chi connectivity index (χ0n) is 20.7. The highest BCUT2D eigenvalue weighted by Gasteiger charge is 2.23. The summed E-state index contributed by atoms with van der Waals surface area (Å²) in [7, 11) is -3.64. The molecule has 1 aliphatic rings. The van der Waals surface area contributed by atoms with Gasteiger partial charge in [0.1, 0.15) is 23.1 Å². The van der Waals surface area contributed by atoms with Crippen LogP contribution >= 0.6 is 0 Å². The van der Waals surface area contributed by atoms with E-state index in [-0.39, 0.29) is 40.4 Å². The highest BCUT2D eigenvalue weighted by molar-refractivity contribution is 7.90. The number of carbonyl (C=O) groups is 1. The van der Waals surface area contributed by atoms with Crippen LogP contribution in [0.5, 0.6) is 0 Å². The van der Waals surface area contributed by atoms with E-state index in [2.05, 4.69) is 28.1 Å². The lowest BCUT2D eigenvalue weighted by atomic mass is 9.85. The number of nitrogens with zero attached hydrogens (tertiary/aromatic N) is 2. The van der Waals surface area contributed by atoms with E-state index in [0.717, 1.165) is 43.0 Å². The molecular formula is C27H28F2N4O4S. The van der Waals surface area contributed by atoms with Crippen molar-refractivity contribution in [2.75, 3.05) is 12.0 Å². The third kappa shape index (κ3) is 6.90. The van der Waals surface area contributed by atoms with Gasteiger partial charge in [0.15, 0.2) is 9.84 Å². The number of rotatable bonds is 6. The number of halogens is 2. The number of sulfone groups is 1. The second kappa shape index (κ2) is 12.1. The first kappa shape index (κ1) is 28.7. The number of amides is 1. The number of carbonyl (C=O) groups excluding carboxylic acids is 1. The molecule has 4 N–H and O–H groups in total. The molecule has 200 valence electrons. The van der Waals surface area contributed by atoms with Crippen LogP contribution in [0, 0.1) is 24.5 Å². The van der Waals surface area contributed by atoms with Gasteiger partial charge in [-0.15, -0.1) is 12.8 Å². The highest BCUT2D eigenvalue weighted by Crippen LogP contribution is 2.34. The van der Waals surface area contributed by atoms with Crippen LogP contribution in [-0.2, 0) is 16.4 Å². The van der Waals surface area contributed by atoms with Crippen LogP contribution < -0.4 is 11.1 Å². The summed E-state index contributed by atoms with van der Waals surface area (Å²) in [5.74, 6) is -2.07. The van der Waals surface area contributed by atoms with Crippen molar-refractivity contribution < 1.29 is 27.1 Å². The average Bonchev–Trinajstić information content (AvgIpc) is 2.88. The molecule has 0 saturated heterocycles. The summed E-state index contributed by atoms with van der Waals surface area (Å²) in [6, 6.07) is 7.18. The Labute approximate surface area is 220 Å². The van der Waals surface area contributed by atoms with Crippen molar-refractivity contribution in [2.45, 2.75) is 49.1 Å². The Balaban J connectivity index is 0.00000195. The summed E-state index contributed by atoms with van der Waals surface area (Å²) >= 11 is 0. The van der Waals surface area contributed by atoms with E-state index in [4.69, 9.17) is 5.73 Å². The minimum absolute atomic E-state index is 0.124. The van der Waals surface area contributed by atoms with Gasteiger partial charge in [0.05, 0.1) is 28.5 Å². The van der Waals surface area contributed by atoms with Crippen LogP contribution in [-0.4, -0.2) is 41.8 Å². The van der Waals surface area contributed by atoms with Crippen LogP contribution in [0.4, 0.5) is 14.6 Å². The molecule has 0 unspecified atom stereocenters. The van der Waals surface area contributed by atoms with Gasteiger partial charge in [0.25, 0.3) is 5.91 Å². The van der Waals surface area contributed by atoms with Crippen molar-refractivity contribution in [1.29, 1.82) is 0 Å². The Kier molecular flexibility index (Phi) is 9.14. The maximum Gasteiger partial charge on any atom is 0.254 e. The molecule has 0 aliphatic heterocycles. The van der Waals surface area contributed by atoms with Crippen LogP contribution in [0.2, 0.25) is 0 Å². The standard InChI is InChI=1S/C25H26F2N4O4S.C2H2/c1-36(34,35)19-9-14(8-17(26)11-19)12-30-25(33)20-7-4-16(10-21(20)27)23-24(28)29-13-22(31-23)15-2-5-18(32)6-3-15;1-2/h4,7-11,13,15,18,32H,2-3,5-6,12H2,1H3,(H2,28,29)(H,30,33);1-2H. The minimum Gasteiger partial charge on any atom is -0.393 e. The first-order chi connectivity index (χ1) is 18.0. The van der Waals surface area contributed by atoms with E-state index in [1.54, 1.807) is 6.20 Å². The molecule has 1 aliphatic carbocycles. The molecule has 4 rings (SSSR count). The number of aromatic nitrogens is 2. The number of benzene rings is 2. The summed E-state index contributed by atoms with van der Waals surface area (Å²) in [5.41, 5.74) is 7.35. The molecule has 0 spiro atoms. The van der Waals surface area contributed by atoms with Crippen LogP contribution in [0.15, 0.2) is 47.5 Å². The molecule has 1 amide bonds. The molecule has 1 heterocycles. The van der Waals surface area contributed by atoms with Crippen molar-refractivity contribution >= 4 is 21.6 Å². The predicted molar refractivity (Wildman–Crippen MR) is 140 cm³/mol. The van der Waals surface area contributed by atoms with Gasteiger partial charge in [-0.25, -0.2) is 27.2 Å². The van der Waals surface area contributed by atoms with Gasteiger partial charge >= 0.3 is 0 Å². The number of aliphatic hydroxyl groups excluding tert-OH is 1. The van der Waals surface area contributed by atoms with E-state index in [1.165, 1.54) is 18.2 Å². The van der Waals surface area contributed by atoms with Gasteiger partial charge in [-0.1, -0.05) is 6.07 Å². The second-order valence-corrected chi connectivity index (χ2v) is 11.0. The number of hydrogen-bond acceptors (Lipinski definition) is 7. The van der Waals surface area contributed by atoms with E-state index < -0.39 is 27.4 Å². The first-order valence-corrected chi connectivity index (χ1v) is 13.6. The van der Waals surface area contributed by atoms with Gasteiger partial charge in [-0.2, -0.15) is 0 Å². The third-order valence-electron chi connectivity index (χ3n) is 6.23. The van der Waals surface area contributed by atoms with Gasteiger partial charge < -0.3 is 16.2 Å². The fourth-order valence-electron chi connectivity index (χ4n) is 4.25. The van der Waals surface area contributed by atoms with Gasteiger partial charge in [-0.3, -0.25) is 4.79 Å². The summed E-state index contributed by atoms with van der Waals surface area (Å²) in [6.45, 7) is -0.198. The lowest BCUT2D eigenvalue weighted by molar-refractivity contribution is 0.0946. The summed E-state index contributed by atoms with van der Waals surface area (Å²) < 4.78 is 52.1. The van der Waals surface area contributed by atoms with Crippen LogP contribution in [0.25, 0.3) is 11.3 Å². The van der Waals surface area contributed by atoms with Crippen molar-refractivity contribution in [2.24, 2.45) is 0 Å². The zero-order chi connectivity index (χ0) is 28.0. The Bertz CT molecular complexity index is 1450. The van der Waals surface area contributed by atoms with Gasteiger partial charge in [-0.05, 0) is 61.6 Å². The Morgan fingerprint density at radius 1 is 1.13 bits per heavy atom. The van der Waals surface area contributed by atoms with E-state index in [0.29, 0.717) is 24.1 Å². The van der Waals surface area contributed by atoms with Crippen molar-refractivity contribution in [3.05, 3.63) is 71.1 Å². The quantitative estimate of drug-likeness (QED) is 0.405. The third-order valence-corrected chi connectivity index (χ3v) is 7.33. The fraction of sp³-hybridized carbons (Fsp3) is 0.296. The number of anilines is 1. The van der Waals surface area contributed by atoms with Crippen molar-refractivity contribution in [3.8, 4) is 24.1 Å².